The second-order valence-corrected chi connectivity index (χ2v) is 9.63. The van der Waals surface area contributed by atoms with Crippen LogP contribution in [-0.2, 0) is 4.79 Å². The Hall–Kier alpha value is -1.89. The van der Waals surface area contributed by atoms with Gasteiger partial charge in [0.15, 0.2) is 5.69 Å². The highest BCUT2D eigenvalue weighted by Crippen LogP contribution is 2.40. The predicted octanol–water partition coefficient (Wildman–Crippen LogP) is 2.71. The smallest absolute Gasteiger partial charge is 0.273 e. The lowest BCUT2D eigenvalue weighted by molar-refractivity contribution is -0.147. The molecule has 2 amide bonds. The molecule has 2 bridgehead atoms. The van der Waals surface area contributed by atoms with E-state index in [0.717, 1.165) is 70.0 Å². The van der Waals surface area contributed by atoms with E-state index in [-0.39, 0.29) is 36.0 Å². The van der Waals surface area contributed by atoms with Gasteiger partial charge in [0.1, 0.15) is 5.76 Å². The SMILES string of the molecule is NC1CCC(C(=O)N2C3CCCC2CC(NC(=O)c2cc(C4CC4)on2)C3)CC1. The van der Waals surface area contributed by atoms with Gasteiger partial charge in [-0.1, -0.05) is 5.16 Å². The summed E-state index contributed by atoms with van der Waals surface area (Å²) in [7, 11) is 0. The molecule has 2 atom stereocenters. The minimum atomic E-state index is -0.148. The highest BCUT2D eigenvalue weighted by atomic mass is 16.5. The number of nitrogens with one attached hydrogen (secondary N) is 1. The highest BCUT2D eigenvalue weighted by Gasteiger charge is 2.43. The van der Waals surface area contributed by atoms with Crippen LogP contribution in [0.3, 0.4) is 0 Å². The molecule has 0 radical (unpaired) electrons. The summed E-state index contributed by atoms with van der Waals surface area (Å²) in [5.74, 6) is 1.61. The topological polar surface area (TPSA) is 101 Å². The molecule has 2 saturated heterocycles. The Bertz CT molecular complexity index is 752. The van der Waals surface area contributed by atoms with Crippen LogP contribution in [0.15, 0.2) is 10.6 Å². The Balaban J connectivity index is 1.21. The Kier molecular flexibility index (Phi) is 5.10. The van der Waals surface area contributed by atoms with Gasteiger partial charge in [-0.2, -0.15) is 0 Å². The Morgan fingerprint density at radius 1 is 1.03 bits per heavy atom. The molecule has 7 nitrogen and oxygen atoms in total. The molecule has 1 aromatic rings. The third kappa shape index (κ3) is 3.93. The van der Waals surface area contributed by atoms with Crippen molar-refractivity contribution in [1.29, 1.82) is 0 Å². The molecule has 1 aromatic heterocycles. The number of nitrogens with zero attached hydrogens (tertiary/aromatic N) is 2. The van der Waals surface area contributed by atoms with Crippen LogP contribution < -0.4 is 11.1 Å². The lowest BCUT2D eigenvalue weighted by Gasteiger charge is -2.50. The molecule has 4 fully saturated rings. The molecule has 4 aliphatic rings. The first kappa shape index (κ1) is 19.1. The van der Waals surface area contributed by atoms with Gasteiger partial charge >= 0.3 is 0 Å². The summed E-state index contributed by atoms with van der Waals surface area (Å²) in [4.78, 5) is 28.1. The summed E-state index contributed by atoms with van der Waals surface area (Å²) in [5, 5.41) is 7.13. The van der Waals surface area contributed by atoms with Gasteiger partial charge in [-0.05, 0) is 70.6 Å². The van der Waals surface area contributed by atoms with Crippen molar-refractivity contribution in [3.05, 3.63) is 17.5 Å². The number of carbonyl (C=O) groups excluding carboxylic acids is 2. The number of aromatic nitrogens is 1. The average molecular weight is 401 g/mol. The van der Waals surface area contributed by atoms with E-state index in [9.17, 15) is 9.59 Å². The van der Waals surface area contributed by atoms with E-state index in [1.54, 1.807) is 6.07 Å². The molecule has 7 heteroatoms. The quantitative estimate of drug-likeness (QED) is 0.809. The number of rotatable bonds is 4. The van der Waals surface area contributed by atoms with Crippen molar-refractivity contribution >= 4 is 11.8 Å². The van der Waals surface area contributed by atoms with Gasteiger partial charge in [0, 0.05) is 42.1 Å². The third-order valence-corrected chi connectivity index (χ3v) is 7.43. The predicted molar refractivity (Wildman–Crippen MR) is 107 cm³/mol. The normalized spacial score (nSPS) is 34.7. The average Bonchev–Trinajstić information content (AvgIpc) is 3.44. The van der Waals surface area contributed by atoms with Gasteiger partial charge in [-0.15, -0.1) is 0 Å². The van der Waals surface area contributed by atoms with E-state index in [4.69, 9.17) is 10.3 Å². The number of hydrogen-bond acceptors (Lipinski definition) is 5. The minimum Gasteiger partial charge on any atom is -0.360 e. The largest absolute Gasteiger partial charge is 0.360 e. The lowest BCUT2D eigenvalue weighted by Crippen LogP contribution is -2.60. The van der Waals surface area contributed by atoms with Crippen LogP contribution in [0.1, 0.15) is 92.8 Å². The number of piperidine rings is 2. The first-order valence-corrected chi connectivity index (χ1v) is 11.4. The molecule has 0 aromatic carbocycles. The number of carbonyl (C=O) groups is 2. The van der Waals surface area contributed by atoms with Gasteiger partial charge in [-0.25, -0.2) is 0 Å². The maximum absolute atomic E-state index is 13.3. The highest BCUT2D eigenvalue weighted by molar-refractivity contribution is 5.92. The van der Waals surface area contributed by atoms with E-state index in [1.165, 1.54) is 6.42 Å². The van der Waals surface area contributed by atoms with E-state index in [0.29, 0.717) is 17.5 Å². The van der Waals surface area contributed by atoms with Crippen molar-refractivity contribution in [2.24, 2.45) is 11.7 Å². The Morgan fingerprint density at radius 2 is 1.72 bits per heavy atom. The van der Waals surface area contributed by atoms with E-state index >= 15 is 0 Å². The van der Waals surface area contributed by atoms with Gasteiger partial charge in [0.2, 0.25) is 5.91 Å². The van der Waals surface area contributed by atoms with Crippen LogP contribution in [0.25, 0.3) is 0 Å². The van der Waals surface area contributed by atoms with Gasteiger partial charge in [0.25, 0.3) is 5.91 Å². The second kappa shape index (κ2) is 7.74. The molecule has 2 aliphatic heterocycles. The summed E-state index contributed by atoms with van der Waals surface area (Å²) in [6.07, 6.45) is 10.9. The fraction of sp³-hybridized carbons (Fsp3) is 0.773. The minimum absolute atomic E-state index is 0.0997. The number of nitrogens with two attached hydrogens (primary N) is 1. The van der Waals surface area contributed by atoms with Crippen LogP contribution in [0.4, 0.5) is 0 Å². The maximum Gasteiger partial charge on any atom is 0.273 e. The van der Waals surface area contributed by atoms with Crippen molar-refractivity contribution in [3.8, 4) is 0 Å². The summed E-state index contributed by atoms with van der Waals surface area (Å²) < 4.78 is 5.32. The summed E-state index contributed by atoms with van der Waals surface area (Å²) in [5.41, 5.74) is 6.41. The molecule has 3 N–H and O–H groups in total. The van der Waals surface area contributed by atoms with Gasteiger partial charge in [0.05, 0.1) is 0 Å². The molecule has 2 unspecified atom stereocenters. The van der Waals surface area contributed by atoms with E-state index in [2.05, 4.69) is 15.4 Å². The fourth-order valence-corrected chi connectivity index (χ4v) is 5.65. The fourth-order valence-electron chi connectivity index (χ4n) is 5.65. The van der Waals surface area contributed by atoms with Crippen LogP contribution in [0.5, 0.6) is 0 Å². The molecule has 5 rings (SSSR count). The molecule has 2 aliphatic carbocycles. The van der Waals surface area contributed by atoms with Crippen LogP contribution in [0, 0.1) is 5.92 Å². The Morgan fingerprint density at radius 3 is 2.38 bits per heavy atom. The number of amides is 2. The zero-order valence-electron chi connectivity index (χ0n) is 17.0. The summed E-state index contributed by atoms with van der Waals surface area (Å²) in [6.45, 7) is 0. The van der Waals surface area contributed by atoms with Crippen molar-refractivity contribution in [3.63, 3.8) is 0 Å². The molecular formula is C22H32N4O3. The first-order valence-electron chi connectivity index (χ1n) is 11.4. The van der Waals surface area contributed by atoms with Crippen LogP contribution >= 0.6 is 0 Å². The van der Waals surface area contributed by atoms with Crippen LogP contribution in [0.2, 0.25) is 0 Å². The third-order valence-electron chi connectivity index (χ3n) is 7.43. The van der Waals surface area contributed by atoms with Crippen molar-refractivity contribution < 1.29 is 14.1 Å². The molecule has 158 valence electrons. The van der Waals surface area contributed by atoms with Gasteiger partial charge in [-0.3, -0.25) is 9.59 Å². The van der Waals surface area contributed by atoms with E-state index in [1.807, 2.05) is 0 Å². The standard InChI is InChI=1S/C22H32N4O3/c23-15-8-6-14(7-9-15)22(28)26-17-2-1-3-18(26)11-16(10-17)24-21(27)19-12-20(29-25-19)13-4-5-13/h12-18H,1-11,23H2,(H,24,27). The maximum atomic E-state index is 13.3. The Labute approximate surface area is 171 Å². The summed E-state index contributed by atoms with van der Waals surface area (Å²) in [6, 6.07) is 2.64. The molecular weight excluding hydrogens is 368 g/mol. The van der Waals surface area contributed by atoms with Crippen molar-refractivity contribution in [2.45, 2.75) is 101 Å². The number of hydrogen-bond donors (Lipinski definition) is 2. The second-order valence-electron chi connectivity index (χ2n) is 9.63. The zero-order valence-corrected chi connectivity index (χ0v) is 17.0. The summed E-state index contributed by atoms with van der Waals surface area (Å²) >= 11 is 0. The van der Waals surface area contributed by atoms with Crippen molar-refractivity contribution in [1.82, 2.24) is 15.4 Å². The van der Waals surface area contributed by atoms with Crippen LogP contribution in [-0.4, -0.2) is 46.0 Å². The molecule has 29 heavy (non-hydrogen) atoms. The molecule has 3 heterocycles. The zero-order chi connectivity index (χ0) is 20.0. The number of fused-ring (bicyclic) bond motifs is 2. The van der Waals surface area contributed by atoms with Crippen molar-refractivity contribution in [2.75, 3.05) is 0 Å². The van der Waals surface area contributed by atoms with Gasteiger partial charge < -0.3 is 20.5 Å². The lowest BCUT2D eigenvalue weighted by atomic mass is 9.79. The first-order chi connectivity index (χ1) is 14.1. The molecule has 0 spiro atoms. The monoisotopic (exact) mass is 400 g/mol. The van der Waals surface area contributed by atoms with E-state index < -0.39 is 0 Å². The molecule has 2 saturated carbocycles.